The molecule has 7 heteroatoms. The van der Waals surface area contributed by atoms with Gasteiger partial charge < -0.3 is 9.84 Å². The van der Waals surface area contributed by atoms with Crippen LogP contribution in [0.25, 0.3) is 0 Å². The van der Waals surface area contributed by atoms with Crippen LogP contribution < -0.4 is 5.32 Å². The van der Waals surface area contributed by atoms with Gasteiger partial charge in [-0.15, -0.1) is 0 Å². The summed E-state index contributed by atoms with van der Waals surface area (Å²) in [5.74, 6) is -1.34. The maximum absolute atomic E-state index is 13.4. The van der Waals surface area contributed by atoms with Crippen LogP contribution in [0.15, 0.2) is 30.3 Å². The molecule has 0 aliphatic carbocycles. The van der Waals surface area contributed by atoms with E-state index in [1.807, 2.05) is 0 Å². The number of hydrogen-bond donors (Lipinski definition) is 2. The van der Waals surface area contributed by atoms with Crippen molar-refractivity contribution in [1.29, 1.82) is 0 Å². The summed E-state index contributed by atoms with van der Waals surface area (Å²) < 4.78 is 45.0. The molecule has 2 rings (SSSR count). The number of nitrogens with one attached hydrogen (secondary N) is 1. The number of carbonyl (C=O) groups excluding carboxylic acids is 1. The molecule has 0 radical (unpaired) electrons. The van der Waals surface area contributed by atoms with Gasteiger partial charge in [0.25, 0.3) is 0 Å². The number of morpholine rings is 1. The van der Waals surface area contributed by atoms with Crippen molar-refractivity contribution in [3.8, 4) is 0 Å². The molecule has 116 valence electrons. The van der Waals surface area contributed by atoms with Crippen molar-refractivity contribution in [2.24, 2.45) is 0 Å². The molecular formula is C14H16F3NO3. The normalized spacial score (nSPS) is 26.5. The molecular weight excluding hydrogens is 287 g/mol. The van der Waals surface area contributed by atoms with Gasteiger partial charge in [-0.3, -0.25) is 5.32 Å². The molecule has 1 aliphatic rings. The van der Waals surface area contributed by atoms with Gasteiger partial charge in [-0.05, 0) is 18.4 Å². The molecule has 1 saturated heterocycles. The molecule has 1 fully saturated rings. The van der Waals surface area contributed by atoms with Gasteiger partial charge in [-0.2, -0.15) is 13.2 Å². The Morgan fingerprint density at radius 3 is 2.57 bits per heavy atom. The van der Waals surface area contributed by atoms with Crippen molar-refractivity contribution < 1.29 is 27.8 Å². The van der Waals surface area contributed by atoms with E-state index in [1.54, 1.807) is 30.3 Å². The maximum atomic E-state index is 13.4. The fourth-order valence-electron chi connectivity index (χ4n) is 2.40. The fourth-order valence-corrected chi connectivity index (χ4v) is 2.40. The smallest absolute Gasteiger partial charge is 0.417 e. The van der Waals surface area contributed by atoms with Gasteiger partial charge in [0.05, 0.1) is 6.04 Å². The largest absolute Gasteiger partial charge is 0.462 e. The molecule has 1 aromatic carbocycles. The minimum Gasteiger partial charge on any atom is -0.462 e. The Kier molecular flexibility index (Phi) is 4.53. The van der Waals surface area contributed by atoms with Gasteiger partial charge in [0.15, 0.2) is 0 Å². The van der Waals surface area contributed by atoms with E-state index in [1.165, 1.54) is 0 Å². The zero-order valence-corrected chi connectivity index (χ0v) is 11.2. The third-order valence-corrected chi connectivity index (χ3v) is 3.55. The van der Waals surface area contributed by atoms with E-state index < -0.39 is 36.8 Å². The SMILES string of the molecule is O=C1OC[C@@H](c2ccccc2)N[C@]1(CCCO)C(F)(F)F. The van der Waals surface area contributed by atoms with Crippen molar-refractivity contribution in [1.82, 2.24) is 5.32 Å². The predicted octanol–water partition coefficient (Wildman–Crippen LogP) is 1.95. The number of cyclic esters (lactones) is 1. The first-order chi connectivity index (χ1) is 9.90. The van der Waals surface area contributed by atoms with Crippen molar-refractivity contribution in [3.63, 3.8) is 0 Å². The summed E-state index contributed by atoms with van der Waals surface area (Å²) in [4.78, 5) is 11.8. The van der Waals surface area contributed by atoms with Gasteiger partial charge in [0, 0.05) is 6.61 Å². The fraction of sp³-hybridized carbons (Fsp3) is 0.500. The summed E-state index contributed by atoms with van der Waals surface area (Å²) in [6.07, 6.45) is -5.51. The van der Waals surface area contributed by atoms with Gasteiger partial charge >= 0.3 is 12.1 Å². The molecule has 0 spiro atoms. The van der Waals surface area contributed by atoms with Crippen LogP contribution >= 0.6 is 0 Å². The lowest BCUT2D eigenvalue weighted by Crippen LogP contribution is -2.67. The summed E-state index contributed by atoms with van der Waals surface area (Å²) in [7, 11) is 0. The predicted molar refractivity (Wildman–Crippen MR) is 68.4 cm³/mol. The molecule has 0 unspecified atom stereocenters. The molecule has 0 saturated carbocycles. The molecule has 21 heavy (non-hydrogen) atoms. The van der Waals surface area contributed by atoms with Gasteiger partial charge in [0.2, 0.25) is 5.54 Å². The van der Waals surface area contributed by atoms with Crippen LogP contribution in [0.4, 0.5) is 13.2 Å². The third kappa shape index (κ3) is 3.03. The second kappa shape index (κ2) is 6.03. The molecule has 4 nitrogen and oxygen atoms in total. The minimum absolute atomic E-state index is 0.150. The first-order valence-electron chi connectivity index (χ1n) is 6.58. The minimum atomic E-state index is -4.80. The molecule has 1 heterocycles. The summed E-state index contributed by atoms with van der Waals surface area (Å²) in [6, 6.07) is 7.77. The van der Waals surface area contributed by atoms with Crippen molar-refractivity contribution in [2.75, 3.05) is 13.2 Å². The summed E-state index contributed by atoms with van der Waals surface area (Å²) in [5, 5.41) is 11.2. The summed E-state index contributed by atoms with van der Waals surface area (Å²) >= 11 is 0. The summed E-state index contributed by atoms with van der Waals surface area (Å²) in [6.45, 7) is -0.581. The van der Waals surface area contributed by atoms with Crippen molar-refractivity contribution in [3.05, 3.63) is 35.9 Å². The van der Waals surface area contributed by atoms with Crippen LogP contribution in [-0.2, 0) is 9.53 Å². The van der Waals surface area contributed by atoms with E-state index >= 15 is 0 Å². The summed E-state index contributed by atoms with van der Waals surface area (Å²) in [5.41, 5.74) is -2.16. The first kappa shape index (κ1) is 15.8. The molecule has 1 aromatic rings. The number of alkyl halides is 3. The van der Waals surface area contributed by atoms with Gasteiger partial charge in [-0.1, -0.05) is 30.3 Å². The third-order valence-electron chi connectivity index (χ3n) is 3.55. The number of esters is 1. The number of hydrogen-bond acceptors (Lipinski definition) is 4. The number of halogens is 3. The average Bonchev–Trinajstić information content (AvgIpc) is 2.46. The second-order valence-electron chi connectivity index (χ2n) is 4.94. The Labute approximate surface area is 119 Å². The number of benzene rings is 1. The Bertz CT molecular complexity index is 492. The van der Waals surface area contributed by atoms with Crippen LogP contribution in [0.5, 0.6) is 0 Å². The van der Waals surface area contributed by atoms with Crippen LogP contribution in [-0.4, -0.2) is 36.0 Å². The number of ether oxygens (including phenoxy) is 1. The number of rotatable bonds is 4. The highest BCUT2D eigenvalue weighted by molar-refractivity contribution is 5.83. The van der Waals surface area contributed by atoms with Gasteiger partial charge in [-0.25, -0.2) is 4.79 Å². The molecule has 1 aliphatic heterocycles. The van der Waals surface area contributed by atoms with Gasteiger partial charge in [0.1, 0.15) is 6.61 Å². The molecule has 2 N–H and O–H groups in total. The Morgan fingerprint density at radius 2 is 2.00 bits per heavy atom. The maximum Gasteiger partial charge on any atom is 0.417 e. The van der Waals surface area contributed by atoms with Crippen LogP contribution in [0.2, 0.25) is 0 Å². The highest BCUT2D eigenvalue weighted by atomic mass is 19.4. The van der Waals surface area contributed by atoms with Crippen molar-refractivity contribution >= 4 is 5.97 Å². The monoisotopic (exact) mass is 303 g/mol. The highest BCUT2D eigenvalue weighted by Gasteiger charge is 2.63. The van der Waals surface area contributed by atoms with Crippen molar-refractivity contribution in [2.45, 2.75) is 30.6 Å². The number of aliphatic hydroxyl groups excluding tert-OH is 1. The zero-order chi connectivity index (χ0) is 15.5. The zero-order valence-electron chi connectivity index (χ0n) is 11.2. The topological polar surface area (TPSA) is 58.6 Å². The molecule has 0 amide bonds. The molecule has 0 bridgehead atoms. The molecule has 2 atom stereocenters. The quantitative estimate of drug-likeness (QED) is 0.835. The van der Waals surface area contributed by atoms with E-state index in [4.69, 9.17) is 9.84 Å². The standard InChI is InChI=1S/C14H16F3NO3/c15-14(16,17)13(7-4-8-19)12(20)21-9-11(18-13)10-5-2-1-3-6-10/h1-3,5-6,11,18-19H,4,7-9H2/t11-,13-/m0/s1. The van der Waals surface area contributed by atoms with Crippen LogP contribution in [0.1, 0.15) is 24.4 Å². The lowest BCUT2D eigenvalue weighted by molar-refractivity contribution is -0.227. The van der Waals surface area contributed by atoms with E-state index in [-0.39, 0.29) is 13.0 Å². The number of carbonyl (C=O) groups is 1. The Balaban J connectivity index is 2.31. The second-order valence-corrected chi connectivity index (χ2v) is 4.94. The van der Waals surface area contributed by atoms with E-state index in [0.717, 1.165) is 0 Å². The highest BCUT2D eigenvalue weighted by Crippen LogP contribution is 2.39. The van der Waals surface area contributed by atoms with E-state index in [0.29, 0.717) is 5.56 Å². The lowest BCUT2D eigenvalue weighted by Gasteiger charge is -2.41. The Morgan fingerprint density at radius 1 is 1.33 bits per heavy atom. The Hall–Kier alpha value is -1.60. The average molecular weight is 303 g/mol. The lowest BCUT2D eigenvalue weighted by atomic mass is 9.88. The van der Waals surface area contributed by atoms with Crippen LogP contribution in [0.3, 0.4) is 0 Å². The molecule has 0 aromatic heterocycles. The number of aliphatic hydroxyl groups is 1. The first-order valence-corrected chi connectivity index (χ1v) is 6.58. The van der Waals surface area contributed by atoms with E-state index in [9.17, 15) is 18.0 Å². The van der Waals surface area contributed by atoms with E-state index in [2.05, 4.69) is 5.32 Å². The van der Waals surface area contributed by atoms with Crippen LogP contribution in [0, 0.1) is 0 Å².